The number of allylic oxidation sites excluding steroid dienone is 1. The van der Waals surface area contributed by atoms with E-state index in [1.807, 2.05) is 0 Å². The van der Waals surface area contributed by atoms with Crippen LogP contribution in [0.3, 0.4) is 0 Å². The lowest BCUT2D eigenvalue weighted by Gasteiger charge is -2.52. The fourth-order valence-corrected chi connectivity index (χ4v) is 7.68. The summed E-state index contributed by atoms with van der Waals surface area (Å²) in [5.74, 6) is 0.0891. The van der Waals surface area contributed by atoms with Gasteiger partial charge in [0.25, 0.3) is 0 Å². The SMILES string of the molecule is Cl/C=C1\[C@H]2CC[C@@](Cl)(C2)C1(C(Cl)(Cl)Cl)C(Cl)(Cl)Cl. The maximum atomic E-state index is 6.66. The Kier molecular flexibility index (Phi) is 4.36. The molecule has 0 aromatic carbocycles. The molecule has 2 bridgehead atoms. The molecule has 0 spiro atoms. The molecule has 2 rings (SSSR count). The lowest BCUT2D eigenvalue weighted by Crippen LogP contribution is -2.58. The van der Waals surface area contributed by atoms with Gasteiger partial charge in [0.1, 0.15) is 5.41 Å². The zero-order valence-electron chi connectivity index (χ0n) is 8.80. The lowest BCUT2D eigenvalue weighted by molar-refractivity contribution is 0.263. The molecule has 0 radical (unpaired) electrons. The number of rotatable bonds is 0. The second-order valence-corrected chi connectivity index (χ2v) is 10.2. The number of halogens is 8. The molecular formula is C10H8Cl8. The first-order valence-corrected chi connectivity index (χ1v) is 8.22. The van der Waals surface area contributed by atoms with Crippen LogP contribution in [0.5, 0.6) is 0 Å². The topological polar surface area (TPSA) is 0 Å². The second-order valence-electron chi connectivity index (χ2n) is 4.71. The van der Waals surface area contributed by atoms with Crippen molar-refractivity contribution in [1.82, 2.24) is 0 Å². The smallest absolute Gasteiger partial charge is 0.118 e. The molecule has 0 aliphatic heterocycles. The van der Waals surface area contributed by atoms with Crippen LogP contribution in [0, 0.1) is 11.3 Å². The Hall–Kier alpha value is 2.06. The van der Waals surface area contributed by atoms with Crippen LogP contribution in [0.2, 0.25) is 0 Å². The lowest BCUT2D eigenvalue weighted by atomic mass is 9.71. The van der Waals surface area contributed by atoms with Crippen LogP contribution in [-0.4, -0.2) is 12.5 Å². The summed E-state index contributed by atoms with van der Waals surface area (Å²) < 4.78 is -3.73. The molecule has 2 aliphatic carbocycles. The first-order valence-electron chi connectivity index (χ1n) is 5.14. The molecule has 2 saturated carbocycles. The summed E-state index contributed by atoms with van der Waals surface area (Å²) in [5.41, 5.74) is 0.539. The van der Waals surface area contributed by atoms with Crippen LogP contribution < -0.4 is 0 Å². The van der Waals surface area contributed by atoms with E-state index in [0.29, 0.717) is 18.4 Å². The van der Waals surface area contributed by atoms with Crippen molar-refractivity contribution >= 4 is 92.8 Å². The van der Waals surface area contributed by atoms with Crippen molar-refractivity contribution < 1.29 is 0 Å². The number of hydrogen-bond donors (Lipinski definition) is 0. The summed E-state index contributed by atoms with van der Waals surface area (Å²) in [6.45, 7) is 0. The first-order chi connectivity index (χ1) is 8.01. The third-order valence-corrected chi connectivity index (χ3v) is 6.53. The third kappa shape index (κ3) is 1.94. The molecule has 0 nitrogen and oxygen atoms in total. The molecule has 2 atom stereocenters. The van der Waals surface area contributed by atoms with Gasteiger partial charge >= 0.3 is 0 Å². The molecule has 0 amide bonds. The summed E-state index contributed by atoms with van der Waals surface area (Å²) in [7, 11) is 0. The third-order valence-electron chi connectivity index (χ3n) is 3.97. The average Bonchev–Trinajstić information content (AvgIpc) is 2.64. The van der Waals surface area contributed by atoms with Crippen molar-refractivity contribution in [1.29, 1.82) is 0 Å². The Morgan fingerprint density at radius 2 is 1.56 bits per heavy atom. The standard InChI is InChI=1S/C10H8Cl8/c11-4-6-5-1-2-7(12,3-5)8(6,9(13,14)15)10(16,17)18/h4-5H,1-3H2/b6-4+/t5-,7+/m0/s1. The highest BCUT2D eigenvalue weighted by atomic mass is 35.6. The highest BCUT2D eigenvalue weighted by Crippen LogP contribution is 2.78. The van der Waals surface area contributed by atoms with E-state index in [9.17, 15) is 0 Å². The van der Waals surface area contributed by atoms with E-state index in [1.165, 1.54) is 5.54 Å². The van der Waals surface area contributed by atoms with Crippen molar-refractivity contribution in [2.45, 2.75) is 31.7 Å². The van der Waals surface area contributed by atoms with Crippen LogP contribution >= 0.6 is 92.8 Å². The molecule has 2 fully saturated rings. The highest BCUT2D eigenvalue weighted by molar-refractivity contribution is 6.74. The van der Waals surface area contributed by atoms with Gasteiger partial charge in [-0.25, -0.2) is 0 Å². The van der Waals surface area contributed by atoms with Crippen molar-refractivity contribution in [3.63, 3.8) is 0 Å². The van der Waals surface area contributed by atoms with E-state index in [-0.39, 0.29) is 5.92 Å². The Morgan fingerprint density at radius 1 is 1.06 bits per heavy atom. The van der Waals surface area contributed by atoms with E-state index in [2.05, 4.69) is 0 Å². The van der Waals surface area contributed by atoms with Gasteiger partial charge < -0.3 is 0 Å². The zero-order valence-corrected chi connectivity index (χ0v) is 14.8. The van der Waals surface area contributed by atoms with Gasteiger partial charge in [-0.3, -0.25) is 0 Å². The fraction of sp³-hybridized carbons (Fsp3) is 0.800. The van der Waals surface area contributed by atoms with Crippen LogP contribution in [0.1, 0.15) is 19.3 Å². The predicted molar refractivity (Wildman–Crippen MR) is 82.9 cm³/mol. The second kappa shape index (κ2) is 4.78. The van der Waals surface area contributed by atoms with Gasteiger partial charge in [-0.1, -0.05) is 81.2 Å². The number of fused-ring (bicyclic) bond motifs is 2. The van der Waals surface area contributed by atoms with Gasteiger partial charge in [0, 0.05) is 5.54 Å². The van der Waals surface area contributed by atoms with Crippen molar-refractivity contribution in [3.05, 3.63) is 11.1 Å². The van der Waals surface area contributed by atoms with Crippen molar-refractivity contribution in [2.75, 3.05) is 0 Å². The molecule has 0 aromatic heterocycles. The Labute approximate surface area is 146 Å². The Balaban J connectivity index is 2.74. The molecule has 0 unspecified atom stereocenters. The minimum absolute atomic E-state index is 0.0891. The molecule has 0 N–H and O–H groups in total. The summed E-state index contributed by atoms with van der Waals surface area (Å²) in [6, 6.07) is 0. The quantitative estimate of drug-likeness (QED) is 0.392. The van der Waals surface area contributed by atoms with Crippen molar-refractivity contribution in [2.24, 2.45) is 11.3 Å². The average molecular weight is 412 g/mol. The predicted octanol–water partition coefficient (Wildman–Crippen LogP) is 6.63. The van der Waals surface area contributed by atoms with Crippen LogP contribution in [0.4, 0.5) is 0 Å². The highest BCUT2D eigenvalue weighted by Gasteiger charge is 2.78. The normalized spacial score (nSPS) is 37.6. The van der Waals surface area contributed by atoms with Gasteiger partial charge in [0.15, 0.2) is 0 Å². The van der Waals surface area contributed by atoms with Gasteiger partial charge in [-0.15, -0.1) is 11.6 Å². The van der Waals surface area contributed by atoms with Crippen LogP contribution in [-0.2, 0) is 0 Å². The minimum Gasteiger partial charge on any atom is -0.118 e. The minimum atomic E-state index is -1.87. The van der Waals surface area contributed by atoms with Gasteiger partial charge in [0.2, 0.25) is 7.59 Å². The summed E-state index contributed by atoms with van der Waals surface area (Å²) in [6.07, 6.45) is 2.06. The monoisotopic (exact) mass is 408 g/mol. The van der Waals surface area contributed by atoms with E-state index < -0.39 is 17.9 Å². The number of alkyl halides is 7. The van der Waals surface area contributed by atoms with Crippen LogP contribution in [0.15, 0.2) is 11.1 Å². The maximum absolute atomic E-state index is 6.66. The molecule has 8 heteroatoms. The molecule has 104 valence electrons. The Bertz CT molecular complexity index is 376. The molecule has 18 heavy (non-hydrogen) atoms. The summed E-state index contributed by atoms with van der Waals surface area (Å²) >= 11 is 49.3. The van der Waals surface area contributed by atoms with E-state index in [0.717, 1.165) is 6.42 Å². The summed E-state index contributed by atoms with van der Waals surface area (Å²) in [5, 5.41) is 0. The van der Waals surface area contributed by atoms with E-state index >= 15 is 0 Å². The van der Waals surface area contributed by atoms with E-state index in [4.69, 9.17) is 92.8 Å². The molecule has 0 saturated heterocycles. The van der Waals surface area contributed by atoms with Gasteiger partial charge in [-0.2, -0.15) is 0 Å². The molecule has 2 aliphatic rings. The first kappa shape index (κ1) is 16.4. The molecule has 0 heterocycles. The number of hydrogen-bond acceptors (Lipinski definition) is 0. The van der Waals surface area contributed by atoms with Crippen molar-refractivity contribution in [3.8, 4) is 0 Å². The molecule has 0 aromatic rings. The van der Waals surface area contributed by atoms with E-state index in [1.54, 1.807) is 0 Å². The summed E-state index contributed by atoms with van der Waals surface area (Å²) in [4.78, 5) is -0.908. The maximum Gasteiger partial charge on any atom is 0.205 e. The Morgan fingerprint density at radius 3 is 1.89 bits per heavy atom. The molecular weight excluding hydrogens is 404 g/mol. The zero-order chi connectivity index (χ0) is 14.0. The van der Waals surface area contributed by atoms with Gasteiger partial charge in [-0.05, 0) is 30.8 Å². The fourth-order valence-electron chi connectivity index (χ4n) is 3.34. The van der Waals surface area contributed by atoms with Gasteiger partial charge in [0.05, 0.1) is 4.87 Å². The van der Waals surface area contributed by atoms with Crippen LogP contribution in [0.25, 0.3) is 0 Å². The largest absolute Gasteiger partial charge is 0.205 e.